The number of fused-ring (bicyclic) bond motifs is 1. The van der Waals surface area contributed by atoms with Gasteiger partial charge in [0.05, 0.1) is 6.33 Å². The van der Waals surface area contributed by atoms with Crippen LogP contribution in [-0.4, -0.2) is 40.7 Å². The summed E-state index contributed by atoms with van der Waals surface area (Å²) in [7, 11) is 0. The van der Waals surface area contributed by atoms with Crippen molar-refractivity contribution in [3.05, 3.63) is 79.1 Å². The normalized spacial score (nSPS) is 11.3. The summed E-state index contributed by atoms with van der Waals surface area (Å²) in [6, 6.07) is 15.5. The Kier molecular flexibility index (Phi) is 5.82. The van der Waals surface area contributed by atoms with E-state index in [9.17, 15) is 5.11 Å². The predicted molar refractivity (Wildman–Crippen MR) is 133 cm³/mol. The Labute approximate surface area is 197 Å². The molecule has 3 aromatic heterocycles. The molecule has 0 unspecified atom stereocenters. The van der Waals surface area contributed by atoms with Crippen LogP contribution in [0.4, 0.5) is 17.5 Å². The maximum Gasteiger partial charge on any atom is 0.210 e. The van der Waals surface area contributed by atoms with Crippen molar-refractivity contribution in [2.24, 2.45) is 0 Å². The third kappa shape index (κ3) is 4.40. The molecule has 0 bridgehead atoms. The number of nitrogens with zero attached hydrogens (tertiary/aromatic N) is 6. The van der Waals surface area contributed by atoms with Gasteiger partial charge >= 0.3 is 0 Å². The van der Waals surface area contributed by atoms with E-state index in [0.717, 1.165) is 34.5 Å². The van der Waals surface area contributed by atoms with Gasteiger partial charge in [0.2, 0.25) is 5.95 Å². The second kappa shape index (κ2) is 9.22. The van der Waals surface area contributed by atoms with Crippen LogP contribution in [0.1, 0.15) is 25.5 Å². The van der Waals surface area contributed by atoms with Crippen molar-refractivity contribution in [2.75, 3.05) is 17.2 Å². The average molecular weight is 455 g/mol. The van der Waals surface area contributed by atoms with E-state index in [1.54, 1.807) is 31.0 Å². The van der Waals surface area contributed by atoms with Crippen LogP contribution in [0.2, 0.25) is 0 Å². The fourth-order valence-electron chi connectivity index (χ4n) is 3.86. The molecule has 0 spiro atoms. The number of aromatic nitrogens is 6. The summed E-state index contributed by atoms with van der Waals surface area (Å²) in [5, 5.41) is 16.3. The Morgan fingerprint density at radius 3 is 2.50 bits per heavy atom. The highest BCUT2D eigenvalue weighted by molar-refractivity contribution is 5.86. The van der Waals surface area contributed by atoms with Crippen LogP contribution in [0, 0.1) is 0 Å². The lowest BCUT2D eigenvalue weighted by Gasteiger charge is -2.14. The van der Waals surface area contributed by atoms with Crippen LogP contribution in [0.15, 0.2) is 73.6 Å². The molecule has 172 valence electrons. The van der Waals surface area contributed by atoms with Gasteiger partial charge in [-0.3, -0.25) is 4.57 Å². The molecule has 2 aromatic carbocycles. The molecule has 0 aliphatic rings. The summed E-state index contributed by atoms with van der Waals surface area (Å²) in [6.07, 6.45) is 7.81. The van der Waals surface area contributed by atoms with E-state index in [-0.39, 0.29) is 11.8 Å². The number of rotatable bonds is 8. The molecule has 0 aliphatic carbocycles. The average Bonchev–Trinajstić information content (AvgIpc) is 3.49. The van der Waals surface area contributed by atoms with Crippen molar-refractivity contribution in [3.63, 3.8) is 0 Å². The summed E-state index contributed by atoms with van der Waals surface area (Å²) in [5.41, 5.74) is 4.58. The quantitative estimate of drug-likeness (QED) is 0.312. The van der Waals surface area contributed by atoms with E-state index in [1.165, 1.54) is 0 Å². The van der Waals surface area contributed by atoms with E-state index < -0.39 is 0 Å². The monoisotopic (exact) mass is 454 g/mol. The number of hydrogen-bond acceptors (Lipinski definition) is 7. The molecular weight excluding hydrogens is 428 g/mol. The summed E-state index contributed by atoms with van der Waals surface area (Å²) >= 11 is 0. The summed E-state index contributed by atoms with van der Waals surface area (Å²) in [5.74, 6) is 1.67. The number of phenolic OH excluding ortho intramolecular Hbond substituents is 1. The first-order valence-electron chi connectivity index (χ1n) is 11.2. The molecule has 5 aromatic rings. The Morgan fingerprint density at radius 2 is 1.79 bits per heavy atom. The van der Waals surface area contributed by atoms with Gasteiger partial charge in [0.1, 0.15) is 12.1 Å². The first-order valence-corrected chi connectivity index (χ1v) is 11.2. The van der Waals surface area contributed by atoms with Crippen LogP contribution in [0.25, 0.3) is 16.9 Å². The van der Waals surface area contributed by atoms with Crippen molar-refractivity contribution in [1.82, 2.24) is 29.1 Å². The topological polar surface area (TPSA) is 106 Å². The second-order valence-corrected chi connectivity index (χ2v) is 8.28. The molecular formula is C25H26N8O. The minimum atomic E-state index is 0.150. The first-order chi connectivity index (χ1) is 16.6. The molecule has 0 aliphatic heterocycles. The van der Waals surface area contributed by atoms with Crippen LogP contribution < -0.4 is 10.6 Å². The van der Waals surface area contributed by atoms with Gasteiger partial charge < -0.3 is 20.3 Å². The van der Waals surface area contributed by atoms with Crippen molar-refractivity contribution in [3.8, 4) is 11.4 Å². The van der Waals surface area contributed by atoms with Gasteiger partial charge in [0.25, 0.3) is 0 Å². The molecule has 0 saturated heterocycles. The lowest BCUT2D eigenvalue weighted by atomic mass is 10.1. The van der Waals surface area contributed by atoms with Crippen molar-refractivity contribution < 1.29 is 5.11 Å². The van der Waals surface area contributed by atoms with Crippen molar-refractivity contribution >= 4 is 28.6 Å². The molecule has 3 heterocycles. The molecule has 0 fully saturated rings. The van der Waals surface area contributed by atoms with Crippen LogP contribution in [-0.2, 0) is 6.42 Å². The summed E-state index contributed by atoms with van der Waals surface area (Å²) < 4.78 is 4.03. The molecule has 9 nitrogen and oxygen atoms in total. The Morgan fingerprint density at radius 1 is 1.00 bits per heavy atom. The largest absolute Gasteiger partial charge is 0.508 e. The van der Waals surface area contributed by atoms with Crippen LogP contribution in [0.3, 0.4) is 0 Å². The molecule has 0 amide bonds. The fraction of sp³-hybridized carbons (Fsp3) is 0.200. The van der Waals surface area contributed by atoms with Gasteiger partial charge in [-0.05, 0) is 62.2 Å². The number of benzene rings is 2. The zero-order chi connectivity index (χ0) is 23.5. The Bertz CT molecular complexity index is 1370. The van der Waals surface area contributed by atoms with Crippen molar-refractivity contribution in [1.29, 1.82) is 0 Å². The highest BCUT2D eigenvalue weighted by Gasteiger charge is 2.18. The minimum absolute atomic E-state index is 0.150. The van der Waals surface area contributed by atoms with Crippen LogP contribution >= 0.6 is 0 Å². The Hall–Kier alpha value is -4.40. The van der Waals surface area contributed by atoms with Gasteiger partial charge in [-0.1, -0.05) is 12.1 Å². The van der Waals surface area contributed by atoms with Gasteiger partial charge in [-0.2, -0.15) is 0 Å². The fourth-order valence-corrected chi connectivity index (χ4v) is 3.86. The van der Waals surface area contributed by atoms with E-state index in [4.69, 9.17) is 4.98 Å². The summed E-state index contributed by atoms with van der Waals surface area (Å²) in [6.45, 7) is 4.90. The SMILES string of the molecule is CC(C)n1c(Nc2ccc(-n3ccnc3)cc2)nc2c(NCCc3ccc(O)cc3)ncnc21. The molecule has 5 rings (SSSR count). The number of aromatic hydroxyl groups is 1. The maximum absolute atomic E-state index is 9.46. The molecule has 0 saturated carbocycles. The first kappa shape index (κ1) is 21.4. The molecule has 34 heavy (non-hydrogen) atoms. The zero-order valence-electron chi connectivity index (χ0n) is 19.1. The van der Waals surface area contributed by atoms with E-state index in [2.05, 4.69) is 44.0 Å². The van der Waals surface area contributed by atoms with Gasteiger partial charge in [0.15, 0.2) is 17.0 Å². The number of hydrogen-bond donors (Lipinski definition) is 3. The van der Waals surface area contributed by atoms with Gasteiger partial charge in [-0.15, -0.1) is 0 Å². The lowest BCUT2D eigenvalue weighted by molar-refractivity contribution is 0.475. The number of imidazole rings is 2. The van der Waals surface area contributed by atoms with E-state index >= 15 is 0 Å². The molecule has 0 radical (unpaired) electrons. The molecule has 3 N–H and O–H groups in total. The minimum Gasteiger partial charge on any atom is -0.508 e. The maximum atomic E-state index is 9.46. The number of phenols is 1. The smallest absolute Gasteiger partial charge is 0.210 e. The third-order valence-electron chi connectivity index (χ3n) is 5.56. The van der Waals surface area contributed by atoms with Crippen molar-refractivity contribution in [2.45, 2.75) is 26.3 Å². The molecule has 9 heteroatoms. The standard InChI is InChI=1S/C25H26N8O/c1-17(2)33-24-22(23(28-15-29-24)27-12-11-18-3-9-21(34)10-4-18)31-25(33)30-19-5-7-20(8-6-19)32-14-13-26-16-32/h3-10,13-17,34H,11-12H2,1-2H3,(H,30,31)(H,27,28,29). The predicted octanol–water partition coefficient (Wildman–Crippen LogP) is 4.70. The van der Waals surface area contributed by atoms with E-state index in [0.29, 0.717) is 18.3 Å². The molecule has 0 atom stereocenters. The highest BCUT2D eigenvalue weighted by Crippen LogP contribution is 2.28. The number of anilines is 3. The zero-order valence-corrected chi connectivity index (χ0v) is 19.1. The van der Waals surface area contributed by atoms with Gasteiger partial charge in [0, 0.05) is 36.4 Å². The summed E-state index contributed by atoms with van der Waals surface area (Å²) in [4.78, 5) is 17.9. The lowest BCUT2D eigenvalue weighted by Crippen LogP contribution is -2.08. The van der Waals surface area contributed by atoms with Crippen LogP contribution in [0.5, 0.6) is 5.75 Å². The van der Waals surface area contributed by atoms with Gasteiger partial charge in [-0.25, -0.2) is 19.9 Å². The Balaban J connectivity index is 1.38. The second-order valence-electron chi connectivity index (χ2n) is 8.28. The van der Waals surface area contributed by atoms with E-state index in [1.807, 2.05) is 47.2 Å². The highest BCUT2D eigenvalue weighted by atomic mass is 16.3. The third-order valence-corrected chi connectivity index (χ3v) is 5.56. The number of nitrogens with one attached hydrogen (secondary N) is 2.